The lowest BCUT2D eigenvalue weighted by Crippen LogP contribution is -2.37. The summed E-state index contributed by atoms with van der Waals surface area (Å²) in [6.07, 6.45) is 7.92. The van der Waals surface area contributed by atoms with E-state index in [1.54, 1.807) is 51.4 Å². The largest absolute Gasteiger partial charge is 0.444 e. The van der Waals surface area contributed by atoms with Crippen LogP contribution in [0.1, 0.15) is 32.3 Å². The molecule has 2 amide bonds. The molecule has 0 spiro atoms. The van der Waals surface area contributed by atoms with Gasteiger partial charge in [-0.3, -0.25) is 20.6 Å². The fourth-order valence-electron chi connectivity index (χ4n) is 2.40. The molecule has 0 atom stereocenters. The summed E-state index contributed by atoms with van der Waals surface area (Å²) in [4.78, 5) is 36.3. The molecule has 0 saturated heterocycles. The fraction of sp³-hybridized carbons (Fsp3) is 0.250. The number of ether oxygens (including phenoxy) is 1. The summed E-state index contributed by atoms with van der Waals surface area (Å²) in [5.74, 6) is 0.189. The first-order valence-electron chi connectivity index (χ1n) is 9.25. The Hall–Kier alpha value is -3.95. The van der Waals surface area contributed by atoms with Crippen LogP contribution in [0, 0.1) is 0 Å². The van der Waals surface area contributed by atoms with Gasteiger partial charge in [-0.25, -0.2) is 14.8 Å². The van der Waals surface area contributed by atoms with Crippen LogP contribution in [0.3, 0.4) is 0 Å². The number of allylic oxidation sites excluding steroid dienone is 2. The second-order valence-electron chi connectivity index (χ2n) is 7.32. The predicted octanol–water partition coefficient (Wildman–Crippen LogP) is 1.82. The highest BCUT2D eigenvalue weighted by atomic mass is 16.6. The van der Waals surface area contributed by atoms with E-state index >= 15 is 0 Å². The first kappa shape index (κ1) is 20.8. The number of hydrogen-bond acceptors (Lipinski definition) is 8. The molecule has 3 heterocycles. The molecule has 3 rings (SSSR count). The van der Waals surface area contributed by atoms with Crippen LogP contribution in [0.25, 0.3) is 11.4 Å². The van der Waals surface area contributed by atoms with Gasteiger partial charge in [-0.1, -0.05) is 0 Å². The standard InChI is InChI=1S/C20H23N7O3/c1-20(2,3)30-19(29)24-12-17(28)25-13-5-6-14(23-11-13)15-7-8-16(27-26-15)18-21-9-4-10-22-18/h4-11,26-27H,12H2,1-3H3,(H,24,29)(H,25,28). The van der Waals surface area contributed by atoms with Gasteiger partial charge in [0.25, 0.3) is 0 Å². The third-order valence-corrected chi connectivity index (χ3v) is 3.67. The van der Waals surface area contributed by atoms with Gasteiger partial charge in [0.05, 0.1) is 29.0 Å². The molecule has 0 aliphatic carbocycles. The normalized spacial score (nSPS) is 13.2. The summed E-state index contributed by atoms with van der Waals surface area (Å²) in [5, 5.41) is 5.07. The third-order valence-electron chi connectivity index (χ3n) is 3.67. The maximum absolute atomic E-state index is 12.0. The van der Waals surface area contributed by atoms with E-state index < -0.39 is 11.7 Å². The summed E-state index contributed by atoms with van der Waals surface area (Å²) in [7, 11) is 0. The molecule has 2 aromatic heterocycles. The number of aromatic nitrogens is 3. The molecule has 0 unspecified atom stereocenters. The molecule has 0 saturated carbocycles. The molecule has 0 radical (unpaired) electrons. The number of pyridine rings is 1. The average Bonchev–Trinajstić information content (AvgIpc) is 2.72. The van der Waals surface area contributed by atoms with Gasteiger partial charge in [-0.05, 0) is 51.1 Å². The van der Waals surface area contributed by atoms with Crippen LogP contribution in [-0.4, -0.2) is 39.1 Å². The quantitative estimate of drug-likeness (QED) is 0.588. The molecule has 2 aromatic rings. The second-order valence-corrected chi connectivity index (χ2v) is 7.32. The van der Waals surface area contributed by atoms with Crippen molar-refractivity contribution in [2.75, 3.05) is 11.9 Å². The molecule has 0 fully saturated rings. The van der Waals surface area contributed by atoms with E-state index in [9.17, 15) is 9.59 Å². The lowest BCUT2D eigenvalue weighted by atomic mass is 10.2. The summed E-state index contributed by atoms with van der Waals surface area (Å²) >= 11 is 0. The number of anilines is 1. The summed E-state index contributed by atoms with van der Waals surface area (Å²) in [6, 6.07) is 5.23. The van der Waals surface area contributed by atoms with Crippen molar-refractivity contribution in [2.24, 2.45) is 0 Å². The SMILES string of the molecule is CC(C)(C)OC(=O)NCC(=O)Nc1ccc(C2=CC=C(c3ncccn3)NN2)nc1. The first-order valence-corrected chi connectivity index (χ1v) is 9.25. The van der Waals surface area contributed by atoms with Crippen molar-refractivity contribution in [3.05, 3.63) is 60.5 Å². The van der Waals surface area contributed by atoms with E-state index in [1.807, 2.05) is 12.2 Å². The first-order chi connectivity index (χ1) is 14.3. The van der Waals surface area contributed by atoms with Gasteiger partial charge < -0.3 is 15.4 Å². The summed E-state index contributed by atoms with van der Waals surface area (Å²) in [6.45, 7) is 5.04. The number of alkyl carbamates (subject to hydrolysis) is 1. The molecule has 0 bridgehead atoms. The zero-order chi connectivity index (χ0) is 21.6. The Kier molecular flexibility index (Phi) is 6.26. The second kappa shape index (κ2) is 9.03. The van der Waals surface area contributed by atoms with Gasteiger partial charge in [0.1, 0.15) is 12.1 Å². The zero-order valence-corrected chi connectivity index (χ0v) is 16.9. The molecule has 156 valence electrons. The number of carbonyl (C=O) groups is 2. The topological polar surface area (TPSA) is 130 Å². The van der Waals surface area contributed by atoms with Gasteiger partial charge in [0.2, 0.25) is 5.91 Å². The molecule has 10 heteroatoms. The van der Waals surface area contributed by atoms with E-state index in [0.29, 0.717) is 17.2 Å². The Labute approximate surface area is 173 Å². The van der Waals surface area contributed by atoms with E-state index in [2.05, 4.69) is 36.4 Å². The minimum absolute atomic E-state index is 0.206. The predicted molar refractivity (Wildman–Crippen MR) is 111 cm³/mol. The van der Waals surface area contributed by atoms with Crippen molar-refractivity contribution in [1.82, 2.24) is 31.1 Å². The lowest BCUT2D eigenvalue weighted by Gasteiger charge is -2.19. The molecule has 4 N–H and O–H groups in total. The molecule has 1 aliphatic rings. The maximum Gasteiger partial charge on any atom is 0.408 e. The molecule has 1 aliphatic heterocycles. The minimum atomic E-state index is -0.651. The third kappa shape index (κ3) is 6.03. The van der Waals surface area contributed by atoms with Crippen molar-refractivity contribution < 1.29 is 14.3 Å². The fourth-order valence-corrected chi connectivity index (χ4v) is 2.40. The summed E-state index contributed by atoms with van der Waals surface area (Å²) in [5.41, 5.74) is 8.12. The van der Waals surface area contributed by atoms with Gasteiger partial charge in [0, 0.05) is 12.4 Å². The van der Waals surface area contributed by atoms with Crippen LogP contribution in [0.5, 0.6) is 0 Å². The monoisotopic (exact) mass is 409 g/mol. The molecular formula is C20H23N7O3. The van der Waals surface area contributed by atoms with Gasteiger partial charge in [-0.15, -0.1) is 0 Å². The Bertz CT molecular complexity index is 964. The Morgan fingerprint density at radius 1 is 1.03 bits per heavy atom. The van der Waals surface area contributed by atoms with Crippen LogP contribution in [0.15, 0.2) is 48.9 Å². The van der Waals surface area contributed by atoms with E-state index in [-0.39, 0.29) is 12.5 Å². The number of rotatable bonds is 5. The highest BCUT2D eigenvalue weighted by Gasteiger charge is 2.17. The van der Waals surface area contributed by atoms with Crippen molar-refractivity contribution in [1.29, 1.82) is 0 Å². The zero-order valence-electron chi connectivity index (χ0n) is 16.9. The average molecular weight is 409 g/mol. The number of nitrogens with one attached hydrogen (secondary N) is 4. The molecule has 0 aromatic carbocycles. The van der Waals surface area contributed by atoms with Gasteiger partial charge >= 0.3 is 6.09 Å². The van der Waals surface area contributed by atoms with Crippen molar-refractivity contribution in [2.45, 2.75) is 26.4 Å². The minimum Gasteiger partial charge on any atom is -0.444 e. The van der Waals surface area contributed by atoms with E-state index in [0.717, 1.165) is 11.4 Å². The van der Waals surface area contributed by atoms with Crippen LogP contribution in [0.2, 0.25) is 0 Å². The lowest BCUT2D eigenvalue weighted by molar-refractivity contribution is -0.115. The Morgan fingerprint density at radius 2 is 1.73 bits per heavy atom. The van der Waals surface area contributed by atoms with Crippen molar-refractivity contribution in [3.8, 4) is 0 Å². The van der Waals surface area contributed by atoms with Gasteiger partial charge in [0.15, 0.2) is 5.82 Å². The molecule has 10 nitrogen and oxygen atoms in total. The Balaban J connectivity index is 1.54. The van der Waals surface area contributed by atoms with Crippen molar-refractivity contribution >= 4 is 29.1 Å². The molecular weight excluding hydrogens is 386 g/mol. The number of hydrazine groups is 1. The number of hydrogen-bond donors (Lipinski definition) is 4. The number of nitrogens with zero attached hydrogens (tertiary/aromatic N) is 3. The maximum atomic E-state index is 12.0. The van der Waals surface area contributed by atoms with E-state index in [1.165, 1.54) is 6.20 Å². The van der Waals surface area contributed by atoms with E-state index in [4.69, 9.17) is 4.74 Å². The van der Waals surface area contributed by atoms with Crippen LogP contribution < -0.4 is 21.5 Å². The van der Waals surface area contributed by atoms with Crippen LogP contribution in [-0.2, 0) is 9.53 Å². The van der Waals surface area contributed by atoms with Gasteiger partial charge in [-0.2, -0.15) is 0 Å². The highest BCUT2D eigenvalue weighted by Crippen LogP contribution is 2.16. The number of carbonyl (C=O) groups excluding carboxylic acids is 2. The Morgan fingerprint density at radius 3 is 2.33 bits per heavy atom. The van der Waals surface area contributed by atoms with Crippen molar-refractivity contribution in [3.63, 3.8) is 0 Å². The molecule has 30 heavy (non-hydrogen) atoms. The summed E-state index contributed by atoms with van der Waals surface area (Å²) < 4.78 is 5.08. The van der Waals surface area contributed by atoms with Crippen LogP contribution in [0.4, 0.5) is 10.5 Å². The smallest absolute Gasteiger partial charge is 0.408 e. The highest BCUT2D eigenvalue weighted by molar-refractivity contribution is 5.93. The van der Waals surface area contributed by atoms with Crippen LogP contribution >= 0.6 is 0 Å². The number of amides is 2.